The zero-order valence-electron chi connectivity index (χ0n) is 22.6. The minimum atomic E-state index is -1.31. The van der Waals surface area contributed by atoms with Crippen LogP contribution in [-0.2, 0) is 9.63 Å². The number of para-hydroxylation sites is 2. The number of rotatable bonds is 6. The quantitative estimate of drug-likeness (QED) is 0.419. The fourth-order valence-electron chi connectivity index (χ4n) is 8.15. The molecular formula is C30H40N4O4. The molecule has 1 aromatic heterocycles. The highest BCUT2D eigenvalue weighted by atomic mass is 16.6. The van der Waals surface area contributed by atoms with Gasteiger partial charge < -0.3 is 14.5 Å². The van der Waals surface area contributed by atoms with Crippen molar-refractivity contribution in [2.75, 3.05) is 0 Å². The van der Waals surface area contributed by atoms with Crippen molar-refractivity contribution in [2.24, 2.45) is 17.0 Å². The first-order valence-electron chi connectivity index (χ1n) is 14.6. The Kier molecular flexibility index (Phi) is 7.01. The van der Waals surface area contributed by atoms with E-state index in [1.165, 1.54) is 57.8 Å². The highest BCUT2D eigenvalue weighted by Gasteiger charge is 2.45. The molecular weight excluding hydrogens is 480 g/mol. The molecule has 6 rings (SSSR count). The lowest BCUT2D eigenvalue weighted by Crippen LogP contribution is -2.58. The van der Waals surface area contributed by atoms with Crippen LogP contribution in [0.2, 0.25) is 0 Å². The monoisotopic (exact) mass is 520 g/mol. The fourth-order valence-corrected chi connectivity index (χ4v) is 8.15. The zero-order valence-corrected chi connectivity index (χ0v) is 22.6. The second kappa shape index (κ2) is 10.4. The lowest BCUT2D eigenvalue weighted by molar-refractivity contribution is -0.129. The Balaban J connectivity index is 1.37. The second-order valence-corrected chi connectivity index (χ2v) is 12.4. The molecule has 4 fully saturated rings. The van der Waals surface area contributed by atoms with Crippen molar-refractivity contribution < 1.29 is 14.7 Å². The van der Waals surface area contributed by atoms with E-state index >= 15 is 0 Å². The maximum atomic E-state index is 14.0. The number of nitrogens with zero attached hydrogens (tertiary/aromatic N) is 4. The van der Waals surface area contributed by atoms with Crippen molar-refractivity contribution in [3.63, 3.8) is 0 Å². The standard InChI is InChI=1S/C30H40N4O4/c1-18(2)38-32-28(30(36)37)27-29(35)34(26-12-4-3-11-25(26)31-27)24-16-21-9-6-10-22(17-24)33(21)23-14-19-7-5-8-20(13-19)15-23/h3-4,11-12,18-24H,5-10,13-17H2,1-2H3,(H,36,37)/t19-,20+,21-,22+,23?,24?. The van der Waals surface area contributed by atoms with Crippen LogP contribution in [0.4, 0.5) is 0 Å². The van der Waals surface area contributed by atoms with Gasteiger partial charge in [-0.15, -0.1) is 0 Å². The highest BCUT2D eigenvalue weighted by molar-refractivity contribution is 6.41. The summed E-state index contributed by atoms with van der Waals surface area (Å²) in [6.45, 7) is 3.53. The van der Waals surface area contributed by atoms with Gasteiger partial charge in [-0.1, -0.05) is 43.0 Å². The number of piperidine rings is 2. The largest absolute Gasteiger partial charge is 0.476 e. The van der Waals surface area contributed by atoms with E-state index in [9.17, 15) is 14.7 Å². The van der Waals surface area contributed by atoms with Crippen molar-refractivity contribution in [3.05, 3.63) is 40.3 Å². The molecule has 204 valence electrons. The maximum absolute atomic E-state index is 14.0. The Bertz CT molecular complexity index is 1260. The molecule has 38 heavy (non-hydrogen) atoms. The topological polar surface area (TPSA) is 97.0 Å². The molecule has 2 unspecified atom stereocenters. The van der Waals surface area contributed by atoms with E-state index in [1.807, 2.05) is 28.8 Å². The van der Waals surface area contributed by atoms with Crippen molar-refractivity contribution in [3.8, 4) is 0 Å². The molecule has 0 spiro atoms. The lowest BCUT2D eigenvalue weighted by Gasteiger charge is -2.55. The van der Waals surface area contributed by atoms with Gasteiger partial charge in [0.25, 0.3) is 5.56 Å². The molecule has 2 aliphatic carbocycles. The van der Waals surface area contributed by atoms with Crippen LogP contribution in [0.25, 0.3) is 11.0 Å². The molecule has 3 heterocycles. The van der Waals surface area contributed by atoms with Crippen LogP contribution in [0.15, 0.2) is 34.2 Å². The van der Waals surface area contributed by atoms with Gasteiger partial charge in [-0.25, -0.2) is 9.78 Å². The van der Waals surface area contributed by atoms with Crippen LogP contribution in [0, 0.1) is 11.8 Å². The number of carbonyl (C=O) groups is 1. The fraction of sp³-hybridized carbons (Fsp3) is 0.667. The minimum absolute atomic E-state index is 0.00449. The lowest BCUT2D eigenvalue weighted by atomic mass is 9.68. The van der Waals surface area contributed by atoms with Gasteiger partial charge in [0.2, 0.25) is 5.71 Å². The van der Waals surface area contributed by atoms with E-state index in [0.29, 0.717) is 23.6 Å². The summed E-state index contributed by atoms with van der Waals surface area (Å²) < 4.78 is 1.84. The maximum Gasteiger partial charge on any atom is 0.360 e. The smallest absolute Gasteiger partial charge is 0.360 e. The molecule has 4 aliphatic rings. The van der Waals surface area contributed by atoms with E-state index < -0.39 is 11.7 Å². The van der Waals surface area contributed by atoms with Gasteiger partial charge in [0.1, 0.15) is 6.10 Å². The van der Waals surface area contributed by atoms with Crippen LogP contribution in [0.1, 0.15) is 96.2 Å². The van der Waals surface area contributed by atoms with Crippen molar-refractivity contribution in [1.29, 1.82) is 0 Å². The van der Waals surface area contributed by atoms with Crippen LogP contribution in [0.3, 0.4) is 0 Å². The van der Waals surface area contributed by atoms with Gasteiger partial charge in [-0.3, -0.25) is 9.69 Å². The summed E-state index contributed by atoms with van der Waals surface area (Å²) in [5.41, 5.74) is 0.396. The first-order valence-corrected chi connectivity index (χ1v) is 14.6. The Morgan fingerprint density at radius 1 is 0.947 bits per heavy atom. The van der Waals surface area contributed by atoms with Gasteiger partial charge in [0.15, 0.2) is 5.69 Å². The van der Waals surface area contributed by atoms with Crippen LogP contribution < -0.4 is 5.56 Å². The average Bonchev–Trinajstić information content (AvgIpc) is 2.87. The molecule has 4 bridgehead atoms. The number of benzene rings is 1. The van der Waals surface area contributed by atoms with Gasteiger partial charge in [0, 0.05) is 24.2 Å². The molecule has 1 aromatic carbocycles. The highest BCUT2D eigenvalue weighted by Crippen LogP contribution is 2.47. The molecule has 6 atom stereocenters. The van der Waals surface area contributed by atoms with E-state index in [0.717, 1.165) is 30.2 Å². The van der Waals surface area contributed by atoms with Crippen molar-refractivity contribution >= 4 is 22.7 Å². The molecule has 2 aliphatic heterocycles. The molecule has 2 aromatic rings. The first-order chi connectivity index (χ1) is 18.4. The summed E-state index contributed by atoms with van der Waals surface area (Å²) in [6.07, 6.45) is 13.4. The van der Waals surface area contributed by atoms with Crippen LogP contribution >= 0.6 is 0 Å². The molecule has 8 heteroatoms. The van der Waals surface area contributed by atoms with Crippen LogP contribution in [-0.4, -0.2) is 55.5 Å². The summed E-state index contributed by atoms with van der Waals surface area (Å²) in [7, 11) is 0. The van der Waals surface area contributed by atoms with E-state index in [2.05, 4.69) is 15.0 Å². The van der Waals surface area contributed by atoms with E-state index in [1.54, 1.807) is 13.8 Å². The summed E-state index contributed by atoms with van der Waals surface area (Å²) >= 11 is 0. The predicted octanol–water partition coefficient (Wildman–Crippen LogP) is 5.14. The number of carboxylic acid groups (broad SMARTS) is 1. The normalized spacial score (nSPS) is 31.9. The van der Waals surface area contributed by atoms with Crippen molar-refractivity contribution in [2.45, 2.75) is 115 Å². The summed E-state index contributed by atoms with van der Waals surface area (Å²) in [5.74, 6) is 0.468. The first kappa shape index (κ1) is 25.5. The number of hydrogen-bond acceptors (Lipinski definition) is 6. The van der Waals surface area contributed by atoms with Crippen LogP contribution in [0.5, 0.6) is 0 Å². The van der Waals surface area contributed by atoms with E-state index in [-0.39, 0.29) is 23.4 Å². The van der Waals surface area contributed by atoms with Gasteiger partial charge in [-0.05, 0) is 82.8 Å². The number of hydrogen-bond donors (Lipinski definition) is 1. The SMILES string of the molecule is CC(C)ON=C(C(=O)O)c1nc2ccccc2n(C2C[C@H]3CCC[C@@H](C2)N3C2C[C@H]3CCC[C@@H](C2)C3)c1=O. The predicted molar refractivity (Wildman–Crippen MR) is 146 cm³/mol. The number of fused-ring (bicyclic) bond motifs is 5. The summed E-state index contributed by atoms with van der Waals surface area (Å²) in [4.78, 5) is 38.8. The van der Waals surface area contributed by atoms with Crippen molar-refractivity contribution in [1.82, 2.24) is 14.5 Å². The second-order valence-electron chi connectivity index (χ2n) is 12.4. The van der Waals surface area contributed by atoms with Gasteiger partial charge in [0.05, 0.1) is 11.0 Å². The average molecular weight is 521 g/mol. The zero-order chi connectivity index (χ0) is 26.4. The molecule has 2 saturated carbocycles. The van der Waals surface area contributed by atoms with Gasteiger partial charge >= 0.3 is 5.97 Å². The summed E-state index contributed by atoms with van der Waals surface area (Å²) in [6, 6.07) is 9.18. The molecule has 0 amide bonds. The molecule has 0 radical (unpaired) electrons. The molecule has 8 nitrogen and oxygen atoms in total. The molecule has 2 saturated heterocycles. The Morgan fingerprint density at radius 2 is 1.61 bits per heavy atom. The Morgan fingerprint density at radius 3 is 2.26 bits per heavy atom. The number of carboxylic acids is 1. The Hall–Kier alpha value is -2.74. The minimum Gasteiger partial charge on any atom is -0.476 e. The third-order valence-electron chi connectivity index (χ3n) is 9.47. The number of oxime groups is 1. The number of aromatic nitrogens is 2. The number of aliphatic carboxylic acids is 1. The van der Waals surface area contributed by atoms with Gasteiger partial charge in [-0.2, -0.15) is 0 Å². The Labute approximate surface area is 224 Å². The van der Waals surface area contributed by atoms with E-state index in [4.69, 9.17) is 4.84 Å². The third-order valence-corrected chi connectivity index (χ3v) is 9.47. The third kappa shape index (κ3) is 4.76. The molecule has 1 N–H and O–H groups in total. The summed E-state index contributed by atoms with van der Waals surface area (Å²) in [5, 5.41) is 13.7.